The number of nitrogen functional groups attached to an aromatic ring is 1. The van der Waals surface area contributed by atoms with Gasteiger partial charge >= 0.3 is 0 Å². The Kier molecular flexibility index (Phi) is 4.26. The molecule has 2 atom stereocenters. The monoisotopic (exact) mass is 234 g/mol. The zero-order valence-electron chi connectivity index (χ0n) is 7.90. The fourth-order valence-corrected chi connectivity index (χ4v) is 1.34. The normalized spacial score (nSPS) is 14.9. The van der Waals surface area contributed by atoms with Crippen molar-refractivity contribution < 1.29 is 14.6 Å². The van der Waals surface area contributed by atoms with Gasteiger partial charge in [0.15, 0.2) is 11.6 Å². The van der Waals surface area contributed by atoms with Crippen LogP contribution in [0.15, 0.2) is 12.3 Å². The highest BCUT2D eigenvalue weighted by molar-refractivity contribution is 6.17. The number of pyridine rings is 1. The Balaban J connectivity index is 2.81. The Morgan fingerprint density at radius 2 is 2.20 bits per heavy atom. The van der Waals surface area contributed by atoms with Gasteiger partial charge in [-0.2, -0.15) is 0 Å². The molecule has 4 N–H and O–H groups in total. The Morgan fingerprint density at radius 3 is 2.73 bits per heavy atom. The van der Waals surface area contributed by atoms with E-state index >= 15 is 0 Å². The fourth-order valence-electron chi connectivity index (χ4n) is 1.12. The molecule has 15 heavy (non-hydrogen) atoms. The maximum Gasteiger partial charge on any atom is 0.165 e. The first-order valence-corrected chi connectivity index (χ1v) is 4.92. The second kappa shape index (κ2) is 5.25. The molecule has 0 saturated heterocycles. The molecule has 0 saturated carbocycles. The van der Waals surface area contributed by atoms with Crippen molar-refractivity contribution in [3.63, 3.8) is 0 Å². The van der Waals surface area contributed by atoms with Crippen molar-refractivity contribution in [3.8, 4) is 0 Å². The summed E-state index contributed by atoms with van der Waals surface area (Å²) in [6.45, 7) is 0. The third-order valence-corrected chi connectivity index (χ3v) is 2.22. The van der Waals surface area contributed by atoms with E-state index in [4.69, 9.17) is 17.3 Å². The van der Waals surface area contributed by atoms with Crippen molar-refractivity contribution >= 4 is 17.4 Å². The molecule has 0 aromatic carbocycles. The van der Waals surface area contributed by atoms with E-state index < -0.39 is 18.0 Å². The first-order chi connectivity index (χ1) is 7.06. The summed E-state index contributed by atoms with van der Waals surface area (Å²) in [7, 11) is 0. The summed E-state index contributed by atoms with van der Waals surface area (Å²) >= 11 is 5.40. The highest BCUT2D eigenvalue weighted by Gasteiger charge is 2.19. The Bertz CT molecular complexity index is 338. The number of nitrogens with two attached hydrogens (primary N) is 1. The number of aliphatic hydroxyl groups is 2. The summed E-state index contributed by atoms with van der Waals surface area (Å²) in [6.07, 6.45) is -0.798. The number of hydrogen-bond acceptors (Lipinski definition) is 4. The van der Waals surface area contributed by atoms with Crippen LogP contribution in [0, 0.1) is 5.82 Å². The van der Waals surface area contributed by atoms with Crippen molar-refractivity contribution in [2.45, 2.75) is 18.6 Å². The lowest BCUT2D eigenvalue weighted by atomic mass is 10.0. The van der Waals surface area contributed by atoms with Gasteiger partial charge in [0.2, 0.25) is 0 Å². The van der Waals surface area contributed by atoms with Gasteiger partial charge in [-0.05, 0) is 12.5 Å². The number of hydrogen-bond donors (Lipinski definition) is 3. The molecule has 2 unspecified atom stereocenters. The predicted octanol–water partition coefficient (Wildman–Crippen LogP) is 0.826. The number of aliphatic hydroxyl groups excluding tert-OH is 2. The number of nitrogens with zero attached hydrogens (tertiary/aromatic N) is 1. The minimum Gasteiger partial charge on any atom is -0.390 e. The van der Waals surface area contributed by atoms with Gasteiger partial charge in [0.25, 0.3) is 0 Å². The summed E-state index contributed by atoms with van der Waals surface area (Å²) in [4.78, 5) is 3.54. The Morgan fingerprint density at radius 1 is 1.53 bits per heavy atom. The van der Waals surface area contributed by atoms with Gasteiger partial charge in [-0.25, -0.2) is 9.37 Å². The summed E-state index contributed by atoms with van der Waals surface area (Å²) in [6, 6.07) is 1.05. The van der Waals surface area contributed by atoms with Crippen LogP contribution >= 0.6 is 11.6 Å². The van der Waals surface area contributed by atoms with Crippen molar-refractivity contribution in [2.75, 3.05) is 11.6 Å². The third-order valence-electron chi connectivity index (χ3n) is 2.00. The lowest BCUT2D eigenvalue weighted by Gasteiger charge is -2.16. The van der Waals surface area contributed by atoms with Gasteiger partial charge in [0, 0.05) is 17.6 Å². The fraction of sp³-hybridized carbons (Fsp3) is 0.444. The first-order valence-electron chi connectivity index (χ1n) is 4.39. The molecule has 6 heteroatoms. The molecule has 0 aliphatic heterocycles. The van der Waals surface area contributed by atoms with Crippen molar-refractivity contribution in [2.24, 2.45) is 0 Å². The van der Waals surface area contributed by atoms with Crippen LogP contribution in [0.5, 0.6) is 0 Å². The van der Waals surface area contributed by atoms with Crippen molar-refractivity contribution in [3.05, 3.63) is 23.6 Å². The zero-order chi connectivity index (χ0) is 11.4. The molecule has 0 radical (unpaired) electrons. The van der Waals surface area contributed by atoms with Crippen LogP contribution in [-0.4, -0.2) is 27.2 Å². The van der Waals surface area contributed by atoms with Crippen molar-refractivity contribution in [1.82, 2.24) is 4.98 Å². The van der Waals surface area contributed by atoms with Crippen LogP contribution < -0.4 is 5.73 Å². The second-order valence-corrected chi connectivity index (χ2v) is 3.50. The van der Waals surface area contributed by atoms with Crippen LogP contribution in [0.2, 0.25) is 0 Å². The molecule has 1 heterocycles. The molecular formula is C9H12ClFN2O2. The van der Waals surface area contributed by atoms with E-state index in [1.165, 1.54) is 6.20 Å². The van der Waals surface area contributed by atoms with Gasteiger partial charge in [-0.15, -0.1) is 11.6 Å². The van der Waals surface area contributed by atoms with E-state index in [2.05, 4.69) is 4.98 Å². The van der Waals surface area contributed by atoms with Gasteiger partial charge in [-0.1, -0.05) is 0 Å². The summed E-state index contributed by atoms with van der Waals surface area (Å²) in [5.41, 5.74) is 5.35. The van der Waals surface area contributed by atoms with Gasteiger partial charge in [-0.3, -0.25) is 0 Å². The van der Waals surface area contributed by atoms with E-state index in [9.17, 15) is 14.6 Å². The number of anilines is 1. The summed E-state index contributed by atoms with van der Waals surface area (Å²) in [5.74, 6) is -0.745. The van der Waals surface area contributed by atoms with Crippen LogP contribution in [0.1, 0.15) is 18.1 Å². The molecule has 4 nitrogen and oxygen atoms in total. The van der Waals surface area contributed by atoms with E-state index in [0.29, 0.717) is 0 Å². The molecule has 0 amide bonds. The number of alkyl halides is 1. The maximum atomic E-state index is 13.0. The quantitative estimate of drug-likeness (QED) is 0.674. The lowest BCUT2D eigenvalue weighted by molar-refractivity contribution is 0.0166. The van der Waals surface area contributed by atoms with E-state index in [1.807, 2.05) is 0 Å². The van der Waals surface area contributed by atoms with Gasteiger partial charge in [0.05, 0.1) is 6.10 Å². The second-order valence-electron chi connectivity index (χ2n) is 3.13. The standard InChI is InChI=1S/C9H12ClFN2O2/c10-2-1-7(14)8(15)5-3-6(11)9(12)13-4-5/h3-4,7-8,14-15H,1-2H2,(H2,12,13). The molecule has 0 bridgehead atoms. The Labute approximate surface area is 91.5 Å². The van der Waals surface area contributed by atoms with Crippen LogP contribution in [0.4, 0.5) is 10.2 Å². The number of halogens is 2. The zero-order valence-corrected chi connectivity index (χ0v) is 8.65. The minimum atomic E-state index is -1.20. The average Bonchev–Trinajstić information content (AvgIpc) is 2.21. The first kappa shape index (κ1) is 12.2. The van der Waals surface area contributed by atoms with Crippen molar-refractivity contribution in [1.29, 1.82) is 0 Å². The van der Waals surface area contributed by atoms with E-state index in [-0.39, 0.29) is 23.7 Å². The largest absolute Gasteiger partial charge is 0.390 e. The molecule has 0 aliphatic rings. The molecule has 0 aliphatic carbocycles. The highest BCUT2D eigenvalue weighted by Crippen LogP contribution is 2.20. The van der Waals surface area contributed by atoms with E-state index in [0.717, 1.165) is 6.07 Å². The lowest BCUT2D eigenvalue weighted by Crippen LogP contribution is -2.19. The van der Waals surface area contributed by atoms with Gasteiger partial charge < -0.3 is 15.9 Å². The summed E-state index contributed by atoms with van der Waals surface area (Å²) in [5, 5.41) is 19.0. The molecule has 1 aromatic rings. The van der Waals surface area contributed by atoms with Crippen LogP contribution in [0.25, 0.3) is 0 Å². The molecule has 0 fully saturated rings. The van der Waals surface area contributed by atoms with Crippen LogP contribution in [-0.2, 0) is 0 Å². The maximum absolute atomic E-state index is 13.0. The number of aromatic nitrogens is 1. The van der Waals surface area contributed by atoms with Crippen LogP contribution in [0.3, 0.4) is 0 Å². The molecule has 1 aromatic heterocycles. The molecule has 1 rings (SSSR count). The molecular weight excluding hydrogens is 223 g/mol. The highest BCUT2D eigenvalue weighted by atomic mass is 35.5. The minimum absolute atomic E-state index is 0.180. The molecule has 0 spiro atoms. The van der Waals surface area contributed by atoms with Gasteiger partial charge in [0.1, 0.15) is 6.10 Å². The Hall–Kier alpha value is -0.910. The summed E-state index contributed by atoms with van der Waals surface area (Å²) < 4.78 is 13.0. The van der Waals surface area contributed by atoms with E-state index in [1.54, 1.807) is 0 Å². The number of rotatable bonds is 4. The molecule has 84 valence electrons. The average molecular weight is 235 g/mol. The predicted molar refractivity (Wildman–Crippen MR) is 54.9 cm³/mol. The smallest absolute Gasteiger partial charge is 0.165 e. The topological polar surface area (TPSA) is 79.4 Å². The SMILES string of the molecule is Nc1ncc(C(O)C(O)CCCl)cc1F. The third kappa shape index (κ3) is 3.02.